The lowest BCUT2D eigenvalue weighted by Gasteiger charge is -2.29. The maximum atomic E-state index is 12.8. The zero-order valence-corrected chi connectivity index (χ0v) is 16.5. The maximum Gasteiger partial charge on any atom is 0.206 e. The highest BCUT2D eigenvalue weighted by Crippen LogP contribution is 2.38. The van der Waals surface area contributed by atoms with Crippen LogP contribution in [0.2, 0.25) is 0 Å². The molecule has 5 heteroatoms. The number of aryl methyl sites for hydroxylation is 1. The van der Waals surface area contributed by atoms with E-state index in [1.165, 1.54) is 24.9 Å². The molecule has 0 aromatic heterocycles. The van der Waals surface area contributed by atoms with Crippen molar-refractivity contribution >= 4 is 32.9 Å². The molecule has 0 spiro atoms. The quantitative estimate of drug-likeness (QED) is 0.644. The summed E-state index contributed by atoms with van der Waals surface area (Å²) in [4.78, 5) is 23.1. The van der Waals surface area contributed by atoms with E-state index in [0.29, 0.717) is 0 Å². The molecule has 0 atom stereocenters. The maximum absolute atomic E-state index is 12.8. The average Bonchev–Trinajstić information content (AvgIpc) is 2.66. The van der Waals surface area contributed by atoms with Gasteiger partial charge in [-0.3, -0.25) is 4.79 Å². The second-order valence-corrected chi connectivity index (χ2v) is 8.28. The molecule has 4 rings (SSSR count). The van der Waals surface area contributed by atoms with Crippen LogP contribution in [0.3, 0.4) is 0 Å². The van der Waals surface area contributed by atoms with Gasteiger partial charge in [0.05, 0.1) is 20.8 Å². The molecule has 0 N–H and O–H groups in total. The molecular formula is C21H25N3OS. The summed E-state index contributed by atoms with van der Waals surface area (Å²) >= 11 is 1.69. The number of aromatic nitrogens is 1. The van der Waals surface area contributed by atoms with Crippen molar-refractivity contribution in [3.8, 4) is 10.6 Å². The number of benzene rings is 2. The first kappa shape index (κ1) is 17.3. The molecule has 3 aliphatic rings. The van der Waals surface area contributed by atoms with E-state index in [0.717, 1.165) is 51.5 Å². The molecule has 26 heavy (non-hydrogen) atoms. The molecule has 1 saturated heterocycles. The van der Waals surface area contributed by atoms with Crippen molar-refractivity contribution in [2.24, 2.45) is 0 Å². The van der Waals surface area contributed by atoms with Crippen molar-refractivity contribution in [1.82, 2.24) is 4.98 Å². The van der Waals surface area contributed by atoms with Crippen molar-refractivity contribution in [1.29, 1.82) is 0 Å². The minimum atomic E-state index is 0.134. The molecule has 2 heterocycles. The highest BCUT2D eigenvalue weighted by Gasteiger charge is 2.20. The second-order valence-electron chi connectivity index (χ2n) is 7.22. The normalized spacial score (nSPS) is 15.0. The Hall–Kier alpha value is -2.14. The predicted molar refractivity (Wildman–Crippen MR) is 112 cm³/mol. The summed E-state index contributed by atoms with van der Waals surface area (Å²) in [5.74, 6) is 0. The predicted octanol–water partition coefficient (Wildman–Crippen LogP) is 4.38. The van der Waals surface area contributed by atoms with Crippen molar-refractivity contribution in [2.45, 2.75) is 32.6 Å². The van der Waals surface area contributed by atoms with Gasteiger partial charge < -0.3 is 9.80 Å². The monoisotopic (exact) mass is 367 g/mol. The summed E-state index contributed by atoms with van der Waals surface area (Å²) in [6, 6.07) is 8.53. The molecule has 1 aliphatic carbocycles. The van der Waals surface area contributed by atoms with Gasteiger partial charge in [-0.1, -0.05) is 6.92 Å². The van der Waals surface area contributed by atoms with Crippen LogP contribution in [0.1, 0.15) is 31.7 Å². The molecular weight excluding hydrogens is 342 g/mol. The Morgan fingerprint density at radius 2 is 1.92 bits per heavy atom. The van der Waals surface area contributed by atoms with Crippen LogP contribution in [0.5, 0.6) is 0 Å². The molecule has 0 unspecified atom stereocenters. The fourth-order valence-electron chi connectivity index (χ4n) is 3.79. The van der Waals surface area contributed by atoms with Gasteiger partial charge in [-0.25, -0.2) is 4.98 Å². The molecule has 1 aromatic rings. The fraction of sp³-hybridized carbons (Fsp3) is 0.429. The highest BCUT2D eigenvalue weighted by atomic mass is 32.1. The average molecular weight is 368 g/mol. The zero-order valence-electron chi connectivity index (χ0n) is 15.7. The van der Waals surface area contributed by atoms with Crippen molar-refractivity contribution in [3.05, 3.63) is 40.1 Å². The van der Waals surface area contributed by atoms with E-state index >= 15 is 0 Å². The molecule has 0 amide bonds. The van der Waals surface area contributed by atoms with Gasteiger partial charge >= 0.3 is 0 Å². The molecule has 1 fully saturated rings. The van der Waals surface area contributed by atoms with E-state index in [1.54, 1.807) is 11.3 Å². The summed E-state index contributed by atoms with van der Waals surface area (Å²) in [5, 5.41) is 0. The molecule has 4 nitrogen and oxygen atoms in total. The van der Waals surface area contributed by atoms with E-state index < -0.39 is 0 Å². The minimum absolute atomic E-state index is 0.134. The topological polar surface area (TPSA) is 36.4 Å². The van der Waals surface area contributed by atoms with Crippen LogP contribution in [-0.2, 0) is 6.42 Å². The van der Waals surface area contributed by atoms with Gasteiger partial charge in [0.25, 0.3) is 0 Å². The smallest absolute Gasteiger partial charge is 0.206 e. The lowest BCUT2D eigenvalue weighted by atomic mass is 10.1. The third-order valence-electron chi connectivity index (χ3n) is 5.21. The van der Waals surface area contributed by atoms with Gasteiger partial charge in [0.2, 0.25) is 5.43 Å². The Balaban J connectivity index is 1.92. The minimum Gasteiger partial charge on any atom is -0.373 e. The summed E-state index contributed by atoms with van der Waals surface area (Å²) in [5.41, 5.74) is 4.94. The molecule has 136 valence electrons. The van der Waals surface area contributed by atoms with Crippen LogP contribution in [0, 0.1) is 0 Å². The summed E-state index contributed by atoms with van der Waals surface area (Å²) in [6.07, 6.45) is 4.59. The van der Waals surface area contributed by atoms with E-state index in [1.807, 2.05) is 32.0 Å². The highest BCUT2D eigenvalue weighted by molar-refractivity contribution is 7.22. The van der Waals surface area contributed by atoms with E-state index in [2.05, 4.69) is 23.1 Å². The van der Waals surface area contributed by atoms with Crippen LogP contribution in [0.25, 0.3) is 20.8 Å². The number of piperidine rings is 1. The largest absolute Gasteiger partial charge is 0.373 e. The van der Waals surface area contributed by atoms with Crippen LogP contribution < -0.4 is 15.2 Å². The number of fused-ring (bicyclic) bond motifs is 2. The SMILES string of the molecule is CCc1cc2nc3ccc(N4CCCCC4)cc3sc-2c(N(C)C)c1=O. The first-order chi connectivity index (χ1) is 12.6. The first-order valence-electron chi connectivity index (χ1n) is 9.41. The van der Waals surface area contributed by atoms with Crippen LogP contribution in [0.4, 0.5) is 11.4 Å². The van der Waals surface area contributed by atoms with Crippen molar-refractivity contribution in [2.75, 3.05) is 37.0 Å². The number of anilines is 2. The van der Waals surface area contributed by atoms with Crippen LogP contribution in [-0.4, -0.2) is 32.2 Å². The zero-order chi connectivity index (χ0) is 18.3. The Labute approximate surface area is 158 Å². The summed E-state index contributed by atoms with van der Waals surface area (Å²) in [7, 11) is 3.88. The molecule has 0 saturated carbocycles. The molecule has 2 aliphatic heterocycles. The molecule has 0 bridgehead atoms. The first-order valence-corrected chi connectivity index (χ1v) is 10.2. The van der Waals surface area contributed by atoms with Crippen molar-refractivity contribution in [3.63, 3.8) is 0 Å². The standard InChI is InChI=1S/C21H25N3OS/c1-4-14-12-17-21(19(20(14)25)23(2)3)26-18-13-15(8-9-16(18)22-17)24-10-6-5-7-11-24/h8-9,12-13H,4-7,10-11H2,1-3H3. The van der Waals surface area contributed by atoms with E-state index in [4.69, 9.17) is 4.98 Å². The molecule has 1 aromatic carbocycles. The van der Waals surface area contributed by atoms with Crippen LogP contribution >= 0.6 is 11.3 Å². The molecule has 0 radical (unpaired) electrons. The summed E-state index contributed by atoms with van der Waals surface area (Å²) in [6.45, 7) is 4.28. The number of hydrogen-bond donors (Lipinski definition) is 0. The van der Waals surface area contributed by atoms with E-state index in [-0.39, 0.29) is 5.43 Å². The lowest BCUT2D eigenvalue weighted by molar-refractivity contribution is 0.578. The summed E-state index contributed by atoms with van der Waals surface area (Å²) < 4.78 is 1.15. The second kappa shape index (κ2) is 6.88. The van der Waals surface area contributed by atoms with Gasteiger partial charge in [-0.05, 0) is 49.9 Å². The fourth-order valence-corrected chi connectivity index (χ4v) is 4.99. The van der Waals surface area contributed by atoms with Crippen LogP contribution in [0.15, 0.2) is 29.1 Å². The van der Waals surface area contributed by atoms with Gasteiger partial charge in [0, 0.05) is 38.4 Å². The third kappa shape index (κ3) is 2.94. The third-order valence-corrected chi connectivity index (χ3v) is 6.36. The van der Waals surface area contributed by atoms with Gasteiger partial charge in [0.15, 0.2) is 0 Å². The number of nitrogens with zero attached hydrogens (tertiary/aromatic N) is 3. The van der Waals surface area contributed by atoms with E-state index in [9.17, 15) is 4.79 Å². The Morgan fingerprint density at radius 3 is 2.62 bits per heavy atom. The van der Waals surface area contributed by atoms with Gasteiger partial charge in [-0.15, -0.1) is 11.3 Å². The number of hydrogen-bond acceptors (Lipinski definition) is 5. The Kier molecular flexibility index (Phi) is 4.57. The van der Waals surface area contributed by atoms with Gasteiger partial charge in [0.1, 0.15) is 5.69 Å². The lowest BCUT2D eigenvalue weighted by Crippen LogP contribution is -2.29. The van der Waals surface area contributed by atoms with Gasteiger partial charge in [-0.2, -0.15) is 0 Å². The van der Waals surface area contributed by atoms with Crippen molar-refractivity contribution < 1.29 is 0 Å². The number of rotatable bonds is 3. The Morgan fingerprint density at radius 1 is 1.15 bits per heavy atom. The Bertz CT molecular complexity index is 973.